The van der Waals surface area contributed by atoms with E-state index in [2.05, 4.69) is 36.5 Å². The molecule has 3 fully saturated rings. The van der Waals surface area contributed by atoms with Gasteiger partial charge in [-0.3, -0.25) is 39.0 Å². The highest BCUT2D eigenvalue weighted by Gasteiger charge is 2.47. The zero-order valence-corrected chi connectivity index (χ0v) is 34.1. The first-order valence-corrected chi connectivity index (χ1v) is 20.6. The molecule has 16 nitrogen and oxygen atoms in total. The molecule has 2 aromatic rings. The molecule has 19 heteroatoms. The Morgan fingerprint density at radius 2 is 1.68 bits per heavy atom. The number of carbonyl (C=O) groups excluding carboxylic acids is 6. The zero-order valence-electron chi connectivity index (χ0n) is 34.1. The number of carbonyl (C=O) groups is 6. The Balaban J connectivity index is 0.810. The molecular weight excluding hydrogens is 812 g/mol. The summed E-state index contributed by atoms with van der Waals surface area (Å²) in [7, 11) is 1.34. The molecule has 7 rings (SSSR count). The highest BCUT2D eigenvalue weighted by molar-refractivity contribution is 6.25. The lowest BCUT2D eigenvalue weighted by Crippen LogP contribution is -2.54. The molecule has 1 aromatic heterocycles. The van der Waals surface area contributed by atoms with Gasteiger partial charge in [0.1, 0.15) is 23.2 Å². The maximum absolute atomic E-state index is 13.6. The van der Waals surface area contributed by atoms with Crippen LogP contribution in [0.25, 0.3) is 0 Å². The number of amides is 6. The predicted octanol–water partition coefficient (Wildman–Crippen LogP) is 3.34. The molecule has 0 radical (unpaired) electrons. The van der Waals surface area contributed by atoms with E-state index in [1.54, 1.807) is 18.3 Å². The standard InChI is InChI=1S/C43H48F3N9O7/c1-62-33-23-28(47)26(22-30(33)52-38(58)29-5-3-7-34(51-29)43(44,45)46)24-49-17-16-48-18-19-50-37(57)25-10-12-42(13-11-25)14-20-54(21-15-42)31-6-2-4-27-36(31)41(61)55(40(27)60)32-8-9-35(56)53-39(32)59/h2-7,22-25,32,47-49H,8-21H2,1H3,(H,50,57)(H,52,58)(H,53,56,59)/b26-24-,47-28?. The summed E-state index contributed by atoms with van der Waals surface area (Å²) in [6.07, 6.45) is 5.07. The van der Waals surface area contributed by atoms with Crippen LogP contribution in [0.1, 0.15) is 88.3 Å². The van der Waals surface area contributed by atoms with Crippen LogP contribution >= 0.6 is 0 Å². The van der Waals surface area contributed by atoms with E-state index < -0.39 is 53.1 Å². The van der Waals surface area contributed by atoms with Crippen LogP contribution in [0.3, 0.4) is 0 Å². The fourth-order valence-electron chi connectivity index (χ4n) is 8.75. The molecule has 4 heterocycles. The van der Waals surface area contributed by atoms with Gasteiger partial charge in [0.05, 0.1) is 35.3 Å². The number of rotatable bonds is 13. The number of nitrogens with zero attached hydrogens (tertiary/aromatic N) is 3. The van der Waals surface area contributed by atoms with Crippen LogP contribution in [0.15, 0.2) is 71.8 Å². The summed E-state index contributed by atoms with van der Waals surface area (Å²) in [5.41, 5.74) is 0.370. The van der Waals surface area contributed by atoms with E-state index in [0.29, 0.717) is 56.1 Å². The third kappa shape index (κ3) is 9.41. The number of nitrogens with one attached hydrogen (secondary N) is 6. The first-order chi connectivity index (χ1) is 29.7. The summed E-state index contributed by atoms with van der Waals surface area (Å²) in [4.78, 5) is 83.6. The molecule has 5 aliphatic rings. The number of pyridine rings is 1. The van der Waals surface area contributed by atoms with Crippen molar-refractivity contribution in [1.82, 2.24) is 36.5 Å². The van der Waals surface area contributed by atoms with Crippen molar-refractivity contribution in [2.45, 2.75) is 63.6 Å². The number of hydrogen-bond acceptors (Lipinski definition) is 12. The number of alkyl halides is 3. The fourth-order valence-corrected chi connectivity index (χ4v) is 8.75. The molecular formula is C43H48F3N9O7. The molecule has 0 bridgehead atoms. The summed E-state index contributed by atoms with van der Waals surface area (Å²) < 4.78 is 44.6. The molecule has 1 saturated carbocycles. The quantitative estimate of drug-likeness (QED) is 0.127. The molecule has 328 valence electrons. The molecule has 2 saturated heterocycles. The lowest BCUT2D eigenvalue weighted by atomic mass is 9.65. The van der Waals surface area contributed by atoms with E-state index >= 15 is 0 Å². The van der Waals surface area contributed by atoms with Gasteiger partial charge in [0.25, 0.3) is 17.7 Å². The number of methoxy groups -OCH3 is 1. The van der Waals surface area contributed by atoms with Crippen molar-refractivity contribution < 1.29 is 46.7 Å². The number of piperidine rings is 2. The topological polar surface area (TPSA) is 215 Å². The van der Waals surface area contributed by atoms with E-state index in [1.807, 2.05) is 6.07 Å². The van der Waals surface area contributed by atoms with Crippen LogP contribution in [-0.2, 0) is 25.3 Å². The second-order valence-corrected chi connectivity index (χ2v) is 16.0. The van der Waals surface area contributed by atoms with Gasteiger partial charge in [-0.2, -0.15) is 13.2 Å². The van der Waals surface area contributed by atoms with Gasteiger partial charge in [0.2, 0.25) is 17.7 Å². The lowest BCUT2D eigenvalue weighted by Gasteiger charge is -2.46. The van der Waals surface area contributed by atoms with Gasteiger partial charge in [-0.25, -0.2) is 4.98 Å². The van der Waals surface area contributed by atoms with E-state index in [1.165, 1.54) is 25.3 Å². The van der Waals surface area contributed by atoms with Crippen LogP contribution < -0.4 is 31.5 Å². The fraction of sp³-hybridized carbons (Fsp3) is 0.442. The number of allylic oxidation sites excluding steroid dienone is 3. The zero-order chi connectivity index (χ0) is 44.2. The number of anilines is 1. The van der Waals surface area contributed by atoms with Crippen LogP contribution in [0.2, 0.25) is 0 Å². The van der Waals surface area contributed by atoms with Gasteiger partial charge in [0, 0.05) is 69.5 Å². The van der Waals surface area contributed by atoms with E-state index in [-0.39, 0.29) is 52.8 Å². The van der Waals surface area contributed by atoms with Crippen molar-refractivity contribution in [2.75, 3.05) is 51.3 Å². The molecule has 3 aliphatic heterocycles. The minimum absolute atomic E-state index is 0.0309. The third-order valence-electron chi connectivity index (χ3n) is 12.2. The van der Waals surface area contributed by atoms with Crippen molar-refractivity contribution >= 4 is 46.8 Å². The van der Waals surface area contributed by atoms with Gasteiger partial charge < -0.3 is 36.3 Å². The van der Waals surface area contributed by atoms with Gasteiger partial charge in [-0.05, 0) is 80.7 Å². The summed E-state index contributed by atoms with van der Waals surface area (Å²) in [5, 5.41) is 22.5. The molecule has 1 atom stereocenters. The minimum atomic E-state index is -4.71. The summed E-state index contributed by atoms with van der Waals surface area (Å²) in [6, 6.07) is 7.22. The van der Waals surface area contributed by atoms with Crippen molar-refractivity contribution in [3.63, 3.8) is 0 Å². The minimum Gasteiger partial charge on any atom is -0.494 e. The maximum Gasteiger partial charge on any atom is 0.433 e. The van der Waals surface area contributed by atoms with E-state index in [9.17, 15) is 41.9 Å². The summed E-state index contributed by atoms with van der Waals surface area (Å²) >= 11 is 0. The molecule has 6 amide bonds. The average molecular weight is 860 g/mol. The number of imide groups is 2. The van der Waals surface area contributed by atoms with Gasteiger partial charge in [-0.15, -0.1) is 0 Å². The van der Waals surface area contributed by atoms with Crippen LogP contribution in [-0.4, -0.2) is 103 Å². The smallest absolute Gasteiger partial charge is 0.433 e. The number of hydrogen-bond donors (Lipinski definition) is 6. The van der Waals surface area contributed by atoms with Crippen molar-refractivity contribution in [1.29, 1.82) is 5.41 Å². The van der Waals surface area contributed by atoms with Gasteiger partial charge >= 0.3 is 6.18 Å². The Bertz CT molecular complexity index is 2260. The first-order valence-electron chi connectivity index (χ1n) is 20.6. The molecule has 62 heavy (non-hydrogen) atoms. The molecule has 6 N–H and O–H groups in total. The van der Waals surface area contributed by atoms with Crippen LogP contribution in [0, 0.1) is 16.7 Å². The maximum atomic E-state index is 13.6. The first kappa shape index (κ1) is 43.7. The number of halogens is 3. The molecule has 2 aliphatic carbocycles. The van der Waals surface area contributed by atoms with Crippen molar-refractivity contribution in [3.8, 4) is 0 Å². The predicted molar refractivity (Wildman–Crippen MR) is 219 cm³/mol. The Labute approximate surface area is 355 Å². The number of aromatic nitrogens is 1. The largest absolute Gasteiger partial charge is 0.494 e. The van der Waals surface area contributed by atoms with Crippen LogP contribution in [0.4, 0.5) is 18.9 Å². The second kappa shape index (κ2) is 18.3. The third-order valence-corrected chi connectivity index (χ3v) is 12.2. The Hall–Kier alpha value is -6.37. The highest BCUT2D eigenvalue weighted by Crippen LogP contribution is 2.47. The SMILES string of the molecule is COC1=CC(=N)/C(=C\NCCNCCNC(=O)C2CCC3(CC2)CCN(c2cccc4c2C(=O)N(C2CCC(=O)NC2=O)C4=O)CC3)C=C1NC(=O)c1cccc(C(F)(F)F)n1. The number of ether oxygens (including phenoxy) is 1. The van der Waals surface area contributed by atoms with E-state index in [4.69, 9.17) is 10.1 Å². The summed E-state index contributed by atoms with van der Waals surface area (Å²) in [6.45, 7) is 3.38. The Kier molecular flexibility index (Phi) is 12.9. The molecule has 1 spiro atoms. The van der Waals surface area contributed by atoms with Gasteiger partial charge in [-0.1, -0.05) is 12.1 Å². The van der Waals surface area contributed by atoms with Gasteiger partial charge in [0.15, 0.2) is 0 Å². The van der Waals surface area contributed by atoms with E-state index in [0.717, 1.165) is 55.6 Å². The average Bonchev–Trinajstić information content (AvgIpc) is 3.51. The van der Waals surface area contributed by atoms with Crippen molar-refractivity contribution in [2.24, 2.45) is 11.3 Å². The normalized spacial score (nSPS) is 21.1. The summed E-state index contributed by atoms with van der Waals surface area (Å²) in [5.74, 6) is -2.85. The molecule has 1 aromatic carbocycles. The van der Waals surface area contributed by atoms with Crippen LogP contribution in [0.5, 0.6) is 0 Å². The highest BCUT2D eigenvalue weighted by atomic mass is 19.4. The second-order valence-electron chi connectivity index (χ2n) is 16.0. The monoisotopic (exact) mass is 859 g/mol. The number of benzene rings is 1. The number of fused-ring (bicyclic) bond motifs is 1. The molecule has 1 unspecified atom stereocenters. The Morgan fingerprint density at radius 3 is 2.39 bits per heavy atom. The lowest BCUT2D eigenvalue weighted by molar-refractivity contribution is -0.141. The van der Waals surface area contributed by atoms with Crippen molar-refractivity contribution in [3.05, 3.63) is 94.3 Å². The Morgan fingerprint density at radius 1 is 0.952 bits per heavy atom.